The highest BCUT2D eigenvalue weighted by Crippen LogP contribution is 2.35. The number of hydrogen-bond donors (Lipinski definition) is 1. The molecule has 4 rings (SSSR count). The van der Waals surface area contributed by atoms with Gasteiger partial charge < -0.3 is 14.8 Å². The minimum atomic E-state index is -0.169. The third-order valence-electron chi connectivity index (χ3n) is 6.09. The first kappa shape index (κ1) is 17.2. The maximum atomic E-state index is 12.8. The molecule has 2 fully saturated rings. The summed E-state index contributed by atoms with van der Waals surface area (Å²) in [4.78, 5) is 48.3. The fourth-order valence-corrected chi connectivity index (χ4v) is 4.24. The van der Waals surface area contributed by atoms with Crippen molar-refractivity contribution >= 4 is 11.8 Å². The molecule has 1 aromatic heterocycles. The van der Waals surface area contributed by atoms with Gasteiger partial charge in [-0.3, -0.25) is 14.4 Å². The highest BCUT2D eigenvalue weighted by Gasteiger charge is 2.36. The third kappa shape index (κ3) is 3.04. The van der Waals surface area contributed by atoms with E-state index in [1.807, 2.05) is 4.90 Å². The largest absolute Gasteiger partial charge is 0.338 e. The molecular weight excluding hydrogens is 332 g/mol. The Labute approximate surface area is 152 Å². The van der Waals surface area contributed by atoms with E-state index in [-0.39, 0.29) is 29.3 Å². The number of aromatic nitrogens is 2. The Balaban J connectivity index is 1.62. The van der Waals surface area contributed by atoms with E-state index < -0.39 is 0 Å². The number of aromatic amines is 1. The van der Waals surface area contributed by atoms with Crippen LogP contribution in [0.5, 0.6) is 0 Å². The molecule has 1 N–H and O–H groups in total. The number of rotatable bonds is 2. The lowest BCUT2D eigenvalue weighted by atomic mass is 9.83. The molecule has 1 atom stereocenters. The van der Waals surface area contributed by atoms with E-state index in [9.17, 15) is 14.4 Å². The van der Waals surface area contributed by atoms with Gasteiger partial charge in [0.15, 0.2) is 0 Å². The molecule has 1 aliphatic carbocycles. The zero-order chi connectivity index (χ0) is 18.3. The highest BCUT2D eigenvalue weighted by atomic mass is 16.2. The summed E-state index contributed by atoms with van der Waals surface area (Å²) < 4.78 is 0. The number of carbonyl (C=O) groups excluding carboxylic acids is 2. The molecule has 140 valence electrons. The van der Waals surface area contributed by atoms with Gasteiger partial charge >= 0.3 is 0 Å². The molecule has 3 heterocycles. The van der Waals surface area contributed by atoms with Crippen LogP contribution in [-0.2, 0) is 22.6 Å². The minimum Gasteiger partial charge on any atom is -0.338 e. The van der Waals surface area contributed by atoms with E-state index in [0.29, 0.717) is 30.9 Å². The van der Waals surface area contributed by atoms with Crippen LogP contribution in [0.25, 0.3) is 0 Å². The predicted octanol–water partition coefficient (Wildman–Crippen LogP) is 1.53. The van der Waals surface area contributed by atoms with Crippen molar-refractivity contribution in [2.24, 2.45) is 5.92 Å². The van der Waals surface area contributed by atoms with Crippen LogP contribution in [0.2, 0.25) is 0 Å². The Kier molecular flexibility index (Phi) is 4.54. The maximum absolute atomic E-state index is 12.8. The number of amides is 2. The molecule has 1 saturated heterocycles. The van der Waals surface area contributed by atoms with Crippen LogP contribution in [-0.4, -0.2) is 44.7 Å². The molecule has 0 bridgehead atoms. The van der Waals surface area contributed by atoms with Crippen LogP contribution in [0.3, 0.4) is 0 Å². The molecule has 1 aromatic rings. The molecular formula is C19H26N4O3. The lowest BCUT2D eigenvalue weighted by molar-refractivity contribution is -0.142. The smallest absolute Gasteiger partial charge is 0.256 e. The Bertz CT molecular complexity index is 783. The fraction of sp³-hybridized carbons (Fsp3) is 0.684. The van der Waals surface area contributed by atoms with E-state index in [4.69, 9.17) is 4.98 Å². The summed E-state index contributed by atoms with van der Waals surface area (Å²) in [6.07, 6.45) is 6.59. The number of likely N-dealkylation sites (tertiary alicyclic amines) is 1. The first-order chi connectivity index (χ1) is 12.5. The van der Waals surface area contributed by atoms with Gasteiger partial charge in [0.1, 0.15) is 5.82 Å². The highest BCUT2D eigenvalue weighted by molar-refractivity contribution is 5.80. The fourth-order valence-electron chi connectivity index (χ4n) is 4.24. The summed E-state index contributed by atoms with van der Waals surface area (Å²) >= 11 is 0. The zero-order valence-corrected chi connectivity index (χ0v) is 15.3. The van der Waals surface area contributed by atoms with Crippen LogP contribution < -0.4 is 5.56 Å². The first-order valence-corrected chi connectivity index (χ1v) is 9.72. The van der Waals surface area contributed by atoms with Gasteiger partial charge in [0, 0.05) is 32.4 Å². The van der Waals surface area contributed by atoms with Gasteiger partial charge in [-0.2, -0.15) is 0 Å². The average molecular weight is 358 g/mol. The van der Waals surface area contributed by atoms with E-state index in [1.165, 1.54) is 6.92 Å². The molecule has 0 spiro atoms. The van der Waals surface area contributed by atoms with Crippen LogP contribution in [0.15, 0.2) is 4.79 Å². The number of carbonyl (C=O) groups is 2. The maximum Gasteiger partial charge on any atom is 0.256 e. The topological polar surface area (TPSA) is 86.4 Å². The molecule has 3 aliphatic rings. The number of nitrogens with one attached hydrogen (secondary N) is 1. The zero-order valence-electron chi connectivity index (χ0n) is 15.3. The van der Waals surface area contributed by atoms with Gasteiger partial charge in [0.25, 0.3) is 5.56 Å². The summed E-state index contributed by atoms with van der Waals surface area (Å²) in [7, 11) is 0. The molecule has 7 heteroatoms. The van der Waals surface area contributed by atoms with Crippen LogP contribution in [0.4, 0.5) is 0 Å². The number of H-pyrrole nitrogens is 1. The van der Waals surface area contributed by atoms with Crippen LogP contribution in [0, 0.1) is 5.92 Å². The summed E-state index contributed by atoms with van der Waals surface area (Å²) in [5, 5.41) is 0. The molecule has 1 saturated carbocycles. The lowest BCUT2D eigenvalue weighted by Crippen LogP contribution is -2.45. The van der Waals surface area contributed by atoms with Crippen molar-refractivity contribution in [1.29, 1.82) is 0 Å². The summed E-state index contributed by atoms with van der Waals surface area (Å²) in [6.45, 7) is 3.18. The molecule has 0 unspecified atom stereocenters. The van der Waals surface area contributed by atoms with Gasteiger partial charge in [0.05, 0.1) is 23.8 Å². The summed E-state index contributed by atoms with van der Waals surface area (Å²) in [6, 6.07) is -0.124. The number of nitrogens with zero attached hydrogens (tertiary/aromatic N) is 3. The predicted molar refractivity (Wildman–Crippen MR) is 95.3 cm³/mol. The second kappa shape index (κ2) is 6.85. The van der Waals surface area contributed by atoms with Crippen molar-refractivity contribution in [1.82, 2.24) is 19.8 Å². The van der Waals surface area contributed by atoms with Crippen LogP contribution in [0.1, 0.15) is 68.6 Å². The molecule has 0 aromatic carbocycles. The third-order valence-corrected chi connectivity index (χ3v) is 6.09. The molecule has 2 amide bonds. The van der Waals surface area contributed by atoms with Crippen molar-refractivity contribution in [3.05, 3.63) is 27.4 Å². The Morgan fingerprint density at radius 3 is 2.62 bits per heavy atom. The monoisotopic (exact) mass is 358 g/mol. The quantitative estimate of drug-likeness (QED) is 0.869. The molecule has 7 nitrogen and oxygen atoms in total. The van der Waals surface area contributed by atoms with Gasteiger partial charge in [-0.25, -0.2) is 4.98 Å². The first-order valence-electron chi connectivity index (χ1n) is 9.72. The lowest BCUT2D eigenvalue weighted by Gasteiger charge is -2.39. The SMILES string of the molecule is CC(=O)N1CCc2nc([C@@H]3CCCCN3C(=O)C3CCC3)[nH]c(=O)c2C1. The molecule has 26 heavy (non-hydrogen) atoms. The van der Waals surface area contributed by atoms with Crippen molar-refractivity contribution in [2.45, 2.75) is 64.5 Å². The van der Waals surface area contributed by atoms with E-state index in [1.54, 1.807) is 4.90 Å². The number of fused-ring (bicyclic) bond motifs is 1. The van der Waals surface area contributed by atoms with E-state index in [2.05, 4.69) is 4.98 Å². The number of piperidine rings is 1. The van der Waals surface area contributed by atoms with Gasteiger partial charge in [-0.1, -0.05) is 6.42 Å². The normalized spacial score (nSPS) is 23.3. The Hall–Kier alpha value is -2.18. The van der Waals surface area contributed by atoms with Gasteiger partial charge in [-0.15, -0.1) is 0 Å². The van der Waals surface area contributed by atoms with Crippen molar-refractivity contribution in [3.8, 4) is 0 Å². The second-order valence-electron chi connectivity index (χ2n) is 7.74. The average Bonchev–Trinajstić information content (AvgIpc) is 2.59. The van der Waals surface area contributed by atoms with Crippen molar-refractivity contribution in [2.75, 3.05) is 13.1 Å². The summed E-state index contributed by atoms with van der Waals surface area (Å²) in [5.74, 6) is 0.981. The van der Waals surface area contributed by atoms with E-state index in [0.717, 1.165) is 50.8 Å². The minimum absolute atomic E-state index is 0.0244. The molecule has 2 aliphatic heterocycles. The number of hydrogen-bond acceptors (Lipinski definition) is 4. The van der Waals surface area contributed by atoms with Gasteiger partial charge in [-0.05, 0) is 32.1 Å². The van der Waals surface area contributed by atoms with E-state index >= 15 is 0 Å². The Morgan fingerprint density at radius 1 is 1.12 bits per heavy atom. The summed E-state index contributed by atoms with van der Waals surface area (Å²) in [5.41, 5.74) is 1.20. The second-order valence-corrected chi connectivity index (χ2v) is 7.74. The Morgan fingerprint density at radius 2 is 1.92 bits per heavy atom. The van der Waals surface area contributed by atoms with Gasteiger partial charge in [0.2, 0.25) is 11.8 Å². The van der Waals surface area contributed by atoms with Crippen LogP contribution >= 0.6 is 0 Å². The standard InChI is InChI=1S/C19H26N4O3/c1-12(24)22-10-8-15-14(11-22)18(25)21-17(20-15)16-7-2-3-9-23(16)19(26)13-5-4-6-13/h13,16H,2-11H2,1H3,(H,20,21,25)/t16-/m0/s1. The van der Waals surface area contributed by atoms with Crippen molar-refractivity contribution in [3.63, 3.8) is 0 Å². The molecule has 0 radical (unpaired) electrons. The van der Waals surface area contributed by atoms with Crippen molar-refractivity contribution < 1.29 is 9.59 Å².